The Morgan fingerprint density at radius 2 is 1.50 bits per heavy atom. The van der Waals surface area contributed by atoms with Crippen molar-refractivity contribution in [1.29, 1.82) is 0 Å². The monoisotopic (exact) mass is 254 g/mol. The molecule has 0 unspecified atom stereocenters. The maximum absolute atomic E-state index is 5.91. The third-order valence-electron chi connectivity index (χ3n) is 3.31. The van der Waals surface area contributed by atoms with E-state index < -0.39 is 6.78 Å². The standard InChI is InChI=1S/C9H17Cl2N2P/c10-14(11)13-7-3-9(4-8-13)12-5-1-2-6-12/h9H,1-8H2. The first-order chi connectivity index (χ1) is 6.77. The lowest BCUT2D eigenvalue weighted by Crippen LogP contribution is -2.41. The van der Waals surface area contributed by atoms with Gasteiger partial charge in [-0.15, -0.1) is 0 Å². The van der Waals surface area contributed by atoms with Crippen LogP contribution in [0.5, 0.6) is 0 Å². The number of likely N-dealkylation sites (tertiary alicyclic amines) is 1. The number of halogens is 2. The molecular formula is C9H17Cl2N2P. The van der Waals surface area contributed by atoms with Gasteiger partial charge in [0.15, 0.2) is 6.78 Å². The minimum atomic E-state index is -0.891. The van der Waals surface area contributed by atoms with E-state index in [0.717, 1.165) is 19.1 Å². The van der Waals surface area contributed by atoms with Crippen LogP contribution in [0.25, 0.3) is 0 Å². The normalized spacial score (nSPS) is 27.6. The molecule has 14 heavy (non-hydrogen) atoms. The molecule has 2 aliphatic rings. The van der Waals surface area contributed by atoms with Crippen molar-refractivity contribution in [2.24, 2.45) is 0 Å². The molecule has 2 nitrogen and oxygen atoms in total. The van der Waals surface area contributed by atoms with E-state index in [1.807, 2.05) is 0 Å². The van der Waals surface area contributed by atoms with E-state index in [4.69, 9.17) is 22.5 Å². The topological polar surface area (TPSA) is 6.48 Å². The van der Waals surface area contributed by atoms with Crippen molar-refractivity contribution in [3.05, 3.63) is 0 Å². The van der Waals surface area contributed by atoms with Crippen LogP contribution in [0.1, 0.15) is 25.7 Å². The van der Waals surface area contributed by atoms with E-state index in [0.29, 0.717) is 0 Å². The third-order valence-corrected chi connectivity index (χ3v) is 5.42. The quantitative estimate of drug-likeness (QED) is 0.699. The number of hydrogen-bond donors (Lipinski definition) is 0. The summed E-state index contributed by atoms with van der Waals surface area (Å²) in [5.41, 5.74) is 0. The van der Waals surface area contributed by atoms with Crippen molar-refractivity contribution < 1.29 is 0 Å². The molecule has 0 aromatic carbocycles. The van der Waals surface area contributed by atoms with Gasteiger partial charge < -0.3 is 4.90 Å². The second kappa shape index (κ2) is 5.32. The molecule has 0 N–H and O–H groups in total. The van der Waals surface area contributed by atoms with E-state index in [1.165, 1.54) is 38.8 Å². The fraction of sp³-hybridized carbons (Fsp3) is 1.00. The van der Waals surface area contributed by atoms with Crippen LogP contribution in [0.3, 0.4) is 0 Å². The summed E-state index contributed by atoms with van der Waals surface area (Å²) in [5, 5.41) is 0. The summed E-state index contributed by atoms with van der Waals surface area (Å²) in [4.78, 5) is 2.64. The van der Waals surface area contributed by atoms with Gasteiger partial charge in [0, 0.05) is 19.1 Å². The Morgan fingerprint density at radius 3 is 2.00 bits per heavy atom. The van der Waals surface area contributed by atoms with Gasteiger partial charge in [-0.25, -0.2) is 0 Å². The second-order valence-corrected chi connectivity index (χ2v) is 7.58. The molecule has 0 aliphatic carbocycles. The number of nitrogens with zero attached hydrogens (tertiary/aromatic N) is 2. The maximum atomic E-state index is 5.91. The van der Waals surface area contributed by atoms with Crippen molar-refractivity contribution in [3.8, 4) is 0 Å². The molecule has 2 saturated heterocycles. The first-order valence-electron chi connectivity index (χ1n) is 5.38. The van der Waals surface area contributed by atoms with E-state index >= 15 is 0 Å². The number of rotatable bonds is 2. The van der Waals surface area contributed by atoms with Crippen molar-refractivity contribution in [2.45, 2.75) is 31.7 Å². The molecule has 0 amide bonds. The van der Waals surface area contributed by atoms with Gasteiger partial charge in [0.2, 0.25) is 0 Å². The summed E-state index contributed by atoms with van der Waals surface area (Å²) in [6, 6.07) is 0.803. The summed E-state index contributed by atoms with van der Waals surface area (Å²) >= 11 is 11.8. The van der Waals surface area contributed by atoms with Gasteiger partial charge in [-0.3, -0.25) is 4.67 Å². The number of piperidine rings is 1. The first kappa shape index (κ1) is 11.4. The largest absolute Gasteiger partial charge is 0.300 e. The molecule has 0 aromatic rings. The lowest BCUT2D eigenvalue weighted by molar-refractivity contribution is 0.171. The molecule has 2 heterocycles. The average molecular weight is 255 g/mol. The van der Waals surface area contributed by atoms with Gasteiger partial charge in [-0.05, 0) is 38.8 Å². The van der Waals surface area contributed by atoms with Crippen LogP contribution in [0.15, 0.2) is 0 Å². The molecule has 0 aromatic heterocycles. The second-order valence-electron chi connectivity index (χ2n) is 4.14. The lowest BCUT2D eigenvalue weighted by atomic mass is 10.1. The predicted octanol–water partition coefficient (Wildman–Crippen LogP) is 3.25. The van der Waals surface area contributed by atoms with E-state index in [-0.39, 0.29) is 0 Å². The summed E-state index contributed by atoms with van der Waals surface area (Å²) in [6.07, 6.45) is 5.27. The SMILES string of the molecule is ClP(Cl)N1CCC(N2CCCC2)CC1. The lowest BCUT2D eigenvalue weighted by Gasteiger charge is -2.36. The predicted molar refractivity (Wildman–Crippen MR) is 64.0 cm³/mol. The highest BCUT2D eigenvalue weighted by Gasteiger charge is 2.28. The molecule has 0 saturated carbocycles. The third kappa shape index (κ3) is 2.74. The fourth-order valence-electron chi connectivity index (χ4n) is 2.48. The summed E-state index contributed by atoms with van der Waals surface area (Å²) in [6.45, 7) is 3.89. The summed E-state index contributed by atoms with van der Waals surface area (Å²) in [7, 11) is 0. The smallest absolute Gasteiger partial charge is 0.159 e. The molecule has 0 atom stereocenters. The van der Waals surface area contributed by atoms with Crippen LogP contribution < -0.4 is 0 Å². The van der Waals surface area contributed by atoms with Gasteiger partial charge in [-0.1, -0.05) is 22.5 Å². The van der Waals surface area contributed by atoms with E-state index in [9.17, 15) is 0 Å². The van der Waals surface area contributed by atoms with Crippen LogP contribution in [-0.2, 0) is 0 Å². The highest BCUT2D eigenvalue weighted by atomic mass is 35.9. The highest BCUT2D eigenvalue weighted by Crippen LogP contribution is 2.51. The Kier molecular flexibility index (Phi) is 4.34. The van der Waals surface area contributed by atoms with Crippen molar-refractivity contribution >= 4 is 29.3 Å². The minimum Gasteiger partial charge on any atom is -0.300 e. The van der Waals surface area contributed by atoms with Crippen molar-refractivity contribution in [2.75, 3.05) is 26.2 Å². The van der Waals surface area contributed by atoms with Gasteiger partial charge in [-0.2, -0.15) is 0 Å². The molecule has 82 valence electrons. The Balaban J connectivity index is 1.77. The summed E-state index contributed by atoms with van der Waals surface area (Å²) in [5.74, 6) is 0. The summed E-state index contributed by atoms with van der Waals surface area (Å²) < 4.78 is 2.21. The molecule has 2 rings (SSSR count). The zero-order valence-corrected chi connectivity index (χ0v) is 10.7. The maximum Gasteiger partial charge on any atom is 0.159 e. The van der Waals surface area contributed by atoms with Crippen molar-refractivity contribution in [1.82, 2.24) is 9.57 Å². The fourth-order valence-corrected chi connectivity index (χ4v) is 3.92. The van der Waals surface area contributed by atoms with Crippen LogP contribution >= 0.6 is 29.3 Å². The zero-order valence-electron chi connectivity index (χ0n) is 8.33. The molecule has 0 radical (unpaired) electrons. The van der Waals surface area contributed by atoms with Gasteiger partial charge in [0.25, 0.3) is 0 Å². The average Bonchev–Trinajstić information content (AvgIpc) is 2.71. The van der Waals surface area contributed by atoms with Gasteiger partial charge in [0.1, 0.15) is 0 Å². The van der Waals surface area contributed by atoms with Crippen LogP contribution in [0.4, 0.5) is 0 Å². The molecule has 0 bridgehead atoms. The number of hydrogen-bond acceptors (Lipinski definition) is 2. The molecule has 5 heteroatoms. The van der Waals surface area contributed by atoms with Crippen LogP contribution in [0.2, 0.25) is 0 Å². The molecule has 0 spiro atoms. The van der Waals surface area contributed by atoms with E-state index in [1.54, 1.807) is 0 Å². The minimum absolute atomic E-state index is 0.803. The Labute approximate surface area is 96.9 Å². The van der Waals surface area contributed by atoms with E-state index in [2.05, 4.69) is 9.57 Å². The van der Waals surface area contributed by atoms with Crippen LogP contribution in [0, 0.1) is 0 Å². The Hall–Kier alpha value is 0.930. The van der Waals surface area contributed by atoms with Crippen molar-refractivity contribution in [3.63, 3.8) is 0 Å². The zero-order chi connectivity index (χ0) is 9.97. The molecule has 2 fully saturated rings. The van der Waals surface area contributed by atoms with Gasteiger partial charge in [0.05, 0.1) is 0 Å². The van der Waals surface area contributed by atoms with Crippen LogP contribution in [-0.4, -0.2) is 41.8 Å². The highest BCUT2D eigenvalue weighted by molar-refractivity contribution is 8.02. The molecular weight excluding hydrogens is 238 g/mol. The Bertz CT molecular complexity index is 178. The molecule has 2 aliphatic heterocycles. The van der Waals surface area contributed by atoms with Gasteiger partial charge >= 0.3 is 0 Å². The Morgan fingerprint density at radius 1 is 0.929 bits per heavy atom. The first-order valence-corrected chi connectivity index (χ1v) is 8.48.